The summed E-state index contributed by atoms with van der Waals surface area (Å²) in [4.78, 5) is 12.6. The molecule has 3 rings (SSSR count). The Labute approximate surface area is 144 Å². The molecule has 0 spiro atoms. The molecule has 5 nitrogen and oxygen atoms in total. The van der Waals surface area contributed by atoms with Crippen LogP contribution in [0, 0.1) is 6.92 Å². The van der Waals surface area contributed by atoms with Gasteiger partial charge in [0.2, 0.25) is 0 Å². The molecule has 0 aliphatic heterocycles. The molecule has 1 amide bonds. The fourth-order valence-electron chi connectivity index (χ4n) is 2.37. The van der Waals surface area contributed by atoms with Crippen molar-refractivity contribution in [1.82, 2.24) is 10.2 Å². The Balaban J connectivity index is 1.89. The fraction of sp³-hybridized carbons (Fsp3) is 0.111. The zero-order valence-electron chi connectivity index (χ0n) is 13.3. The summed E-state index contributed by atoms with van der Waals surface area (Å²) in [5.41, 5.74) is 3.45. The second-order valence-electron chi connectivity index (χ2n) is 5.25. The van der Waals surface area contributed by atoms with Gasteiger partial charge in [0, 0.05) is 16.3 Å². The molecule has 2 aromatic carbocycles. The molecule has 6 heteroatoms. The van der Waals surface area contributed by atoms with Gasteiger partial charge in [-0.2, -0.15) is 5.10 Å². The molecule has 0 fully saturated rings. The molecule has 2 N–H and O–H groups in total. The molecule has 0 atom stereocenters. The van der Waals surface area contributed by atoms with E-state index in [1.807, 2.05) is 37.3 Å². The van der Waals surface area contributed by atoms with Gasteiger partial charge < -0.3 is 10.1 Å². The van der Waals surface area contributed by atoms with E-state index in [-0.39, 0.29) is 5.91 Å². The number of hydrogen-bond acceptors (Lipinski definition) is 3. The normalized spacial score (nSPS) is 10.5. The average Bonchev–Trinajstić information content (AvgIpc) is 3.09. The second kappa shape index (κ2) is 6.76. The van der Waals surface area contributed by atoms with E-state index in [4.69, 9.17) is 16.3 Å². The summed E-state index contributed by atoms with van der Waals surface area (Å²) in [6.45, 7) is 1.86. The van der Waals surface area contributed by atoms with Gasteiger partial charge in [-0.15, -0.1) is 0 Å². The van der Waals surface area contributed by atoms with Gasteiger partial charge in [0.15, 0.2) is 0 Å². The standard InChI is InChI=1S/C18H16ClN3O2/c1-11-15(19)4-3-5-16(11)21-18(23)14-10-20-22-17(14)12-6-8-13(24-2)9-7-12/h3-10H,1-2H3,(H,20,22)(H,21,23). The highest BCUT2D eigenvalue weighted by Gasteiger charge is 2.16. The van der Waals surface area contributed by atoms with Crippen molar-refractivity contribution < 1.29 is 9.53 Å². The van der Waals surface area contributed by atoms with E-state index < -0.39 is 0 Å². The Bertz CT molecular complexity index is 872. The van der Waals surface area contributed by atoms with E-state index in [2.05, 4.69) is 15.5 Å². The van der Waals surface area contributed by atoms with Crippen LogP contribution < -0.4 is 10.1 Å². The maximum Gasteiger partial charge on any atom is 0.259 e. The van der Waals surface area contributed by atoms with Crippen molar-refractivity contribution in [2.24, 2.45) is 0 Å². The maximum atomic E-state index is 12.6. The number of ether oxygens (including phenoxy) is 1. The quantitative estimate of drug-likeness (QED) is 0.743. The summed E-state index contributed by atoms with van der Waals surface area (Å²) >= 11 is 6.10. The van der Waals surface area contributed by atoms with Gasteiger partial charge in [-0.3, -0.25) is 9.89 Å². The van der Waals surface area contributed by atoms with Crippen LogP contribution in [0.2, 0.25) is 5.02 Å². The molecule has 0 unspecified atom stereocenters. The first-order valence-electron chi connectivity index (χ1n) is 7.34. The van der Waals surface area contributed by atoms with Crippen molar-refractivity contribution in [3.05, 3.63) is 64.8 Å². The molecule has 24 heavy (non-hydrogen) atoms. The largest absolute Gasteiger partial charge is 0.497 e. The number of methoxy groups -OCH3 is 1. The molecule has 0 aliphatic carbocycles. The van der Waals surface area contributed by atoms with Crippen LogP contribution in [0.1, 0.15) is 15.9 Å². The number of rotatable bonds is 4. The molecule has 0 saturated carbocycles. The molecular weight excluding hydrogens is 326 g/mol. The first kappa shape index (κ1) is 16.1. The molecule has 0 radical (unpaired) electrons. The zero-order chi connectivity index (χ0) is 17.1. The van der Waals surface area contributed by atoms with Crippen LogP contribution in [-0.4, -0.2) is 23.2 Å². The van der Waals surface area contributed by atoms with Crippen LogP contribution in [-0.2, 0) is 0 Å². The third kappa shape index (κ3) is 3.12. The van der Waals surface area contributed by atoms with Gasteiger partial charge in [-0.05, 0) is 48.9 Å². The summed E-state index contributed by atoms with van der Waals surface area (Å²) in [5, 5.41) is 10.4. The molecule has 1 heterocycles. The van der Waals surface area contributed by atoms with Crippen molar-refractivity contribution in [1.29, 1.82) is 0 Å². The molecular formula is C18H16ClN3O2. The number of aromatic nitrogens is 2. The summed E-state index contributed by atoms with van der Waals surface area (Å²) < 4.78 is 5.15. The van der Waals surface area contributed by atoms with Gasteiger partial charge in [0.25, 0.3) is 5.91 Å². The van der Waals surface area contributed by atoms with E-state index in [1.54, 1.807) is 19.2 Å². The molecule has 0 bridgehead atoms. The molecule has 1 aromatic heterocycles. The highest BCUT2D eigenvalue weighted by Crippen LogP contribution is 2.26. The average molecular weight is 342 g/mol. The first-order valence-corrected chi connectivity index (χ1v) is 7.72. The van der Waals surface area contributed by atoms with Gasteiger partial charge in [0.05, 0.1) is 24.6 Å². The number of nitrogens with one attached hydrogen (secondary N) is 2. The van der Waals surface area contributed by atoms with E-state index in [1.165, 1.54) is 6.20 Å². The fourth-order valence-corrected chi connectivity index (χ4v) is 2.54. The second-order valence-corrected chi connectivity index (χ2v) is 5.66. The summed E-state index contributed by atoms with van der Waals surface area (Å²) in [5.74, 6) is 0.499. The van der Waals surface area contributed by atoms with Crippen molar-refractivity contribution in [2.45, 2.75) is 6.92 Å². The van der Waals surface area contributed by atoms with E-state index in [0.29, 0.717) is 22.0 Å². The highest BCUT2D eigenvalue weighted by molar-refractivity contribution is 6.31. The lowest BCUT2D eigenvalue weighted by Crippen LogP contribution is -2.13. The lowest BCUT2D eigenvalue weighted by molar-refractivity contribution is 0.102. The predicted octanol–water partition coefficient (Wildman–Crippen LogP) is 4.30. The van der Waals surface area contributed by atoms with E-state index in [9.17, 15) is 4.79 Å². The minimum Gasteiger partial charge on any atom is -0.497 e. The number of nitrogens with zero attached hydrogens (tertiary/aromatic N) is 1. The summed E-state index contributed by atoms with van der Waals surface area (Å²) in [6.07, 6.45) is 1.51. The Morgan fingerprint density at radius 2 is 1.96 bits per heavy atom. The number of carbonyl (C=O) groups is 1. The number of hydrogen-bond donors (Lipinski definition) is 2. The van der Waals surface area contributed by atoms with Crippen molar-refractivity contribution in [2.75, 3.05) is 12.4 Å². The minimum atomic E-state index is -0.250. The van der Waals surface area contributed by atoms with Crippen molar-refractivity contribution in [3.63, 3.8) is 0 Å². The Morgan fingerprint density at radius 3 is 2.67 bits per heavy atom. The topological polar surface area (TPSA) is 67.0 Å². The predicted molar refractivity (Wildman–Crippen MR) is 94.7 cm³/mol. The van der Waals surface area contributed by atoms with Crippen LogP contribution in [0.3, 0.4) is 0 Å². The molecule has 0 aliphatic rings. The van der Waals surface area contributed by atoms with E-state index in [0.717, 1.165) is 16.9 Å². The Hall–Kier alpha value is -2.79. The Morgan fingerprint density at radius 1 is 1.21 bits per heavy atom. The number of anilines is 1. The zero-order valence-corrected chi connectivity index (χ0v) is 14.0. The van der Waals surface area contributed by atoms with Crippen molar-refractivity contribution in [3.8, 4) is 17.0 Å². The number of amides is 1. The van der Waals surface area contributed by atoms with Crippen LogP contribution in [0.4, 0.5) is 5.69 Å². The van der Waals surface area contributed by atoms with Gasteiger partial charge in [-0.25, -0.2) is 0 Å². The smallest absolute Gasteiger partial charge is 0.259 e. The first-order chi connectivity index (χ1) is 11.6. The number of benzene rings is 2. The highest BCUT2D eigenvalue weighted by atomic mass is 35.5. The number of carbonyl (C=O) groups excluding carboxylic acids is 1. The van der Waals surface area contributed by atoms with Crippen LogP contribution in [0.15, 0.2) is 48.7 Å². The molecule has 3 aromatic rings. The lowest BCUT2D eigenvalue weighted by Gasteiger charge is -2.10. The molecule has 122 valence electrons. The third-order valence-corrected chi connectivity index (χ3v) is 4.19. The lowest BCUT2D eigenvalue weighted by atomic mass is 10.1. The summed E-state index contributed by atoms with van der Waals surface area (Å²) in [7, 11) is 1.61. The van der Waals surface area contributed by atoms with Gasteiger partial charge >= 0.3 is 0 Å². The maximum absolute atomic E-state index is 12.6. The third-order valence-electron chi connectivity index (χ3n) is 3.78. The monoisotopic (exact) mass is 341 g/mol. The molecule has 0 saturated heterocycles. The number of halogens is 1. The van der Waals surface area contributed by atoms with Gasteiger partial charge in [0.1, 0.15) is 5.75 Å². The minimum absolute atomic E-state index is 0.250. The Kier molecular flexibility index (Phi) is 4.53. The van der Waals surface area contributed by atoms with Gasteiger partial charge in [-0.1, -0.05) is 17.7 Å². The number of H-pyrrole nitrogens is 1. The van der Waals surface area contributed by atoms with Crippen LogP contribution >= 0.6 is 11.6 Å². The SMILES string of the molecule is COc1ccc(-c2[nH]ncc2C(=O)Nc2cccc(Cl)c2C)cc1. The van der Waals surface area contributed by atoms with Crippen molar-refractivity contribution >= 4 is 23.2 Å². The van der Waals surface area contributed by atoms with Crippen LogP contribution in [0.5, 0.6) is 5.75 Å². The van der Waals surface area contributed by atoms with E-state index >= 15 is 0 Å². The van der Waals surface area contributed by atoms with Crippen LogP contribution in [0.25, 0.3) is 11.3 Å². The number of aromatic amines is 1. The summed E-state index contributed by atoms with van der Waals surface area (Å²) in [6, 6.07) is 12.8.